The Morgan fingerprint density at radius 1 is 1.29 bits per heavy atom. The van der Waals surface area contributed by atoms with Crippen LogP contribution >= 0.6 is 26.6 Å². The number of rotatable bonds is 3. The molecule has 0 aliphatic heterocycles. The molecule has 0 fully saturated rings. The average Bonchev–Trinajstić information content (AvgIpc) is 1.94. The van der Waals surface area contributed by atoms with Gasteiger partial charge in [-0.25, -0.2) is 21.2 Å². The number of hydrogen-bond donors (Lipinski definition) is 0. The van der Waals surface area contributed by atoms with Gasteiger partial charge in [0.15, 0.2) is 9.84 Å². The smallest absolute Gasteiger partial charge is 0.224 e. The number of halogens is 3. The van der Waals surface area contributed by atoms with E-state index < -0.39 is 35.4 Å². The highest BCUT2D eigenvalue weighted by molar-refractivity contribution is 9.10. The molecule has 9 heteroatoms. The normalized spacial score (nSPS) is 12.7. The Kier molecular flexibility index (Phi) is 4.23. The van der Waals surface area contributed by atoms with Gasteiger partial charge in [-0.15, -0.1) is 0 Å². The minimum Gasteiger partial charge on any atom is -0.224 e. The van der Waals surface area contributed by atoms with Crippen LogP contribution in [0.2, 0.25) is 0 Å². The molecule has 96 valence electrons. The Hall–Kier alpha value is -0.180. The molecule has 0 spiro atoms. The molecule has 4 nitrogen and oxygen atoms in total. The van der Waals surface area contributed by atoms with E-state index in [0.717, 1.165) is 12.3 Å². The second-order valence-electron chi connectivity index (χ2n) is 3.34. The lowest BCUT2D eigenvalue weighted by molar-refractivity contribution is 0.568. The zero-order valence-corrected chi connectivity index (χ0v) is 12.4. The highest BCUT2D eigenvalue weighted by Gasteiger charge is 2.20. The van der Waals surface area contributed by atoms with Crippen molar-refractivity contribution in [1.29, 1.82) is 0 Å². The lowest BCUT2D eigenvalue weighted by Gasteiger charge is -2.06. The summed E-state index contributed by atoms with van der Waals surface area (Å²) in [6.45, 7) is 0. The minimum absolute atomic E-state index is 0.0321. The van der Waals surface area contributed by atoms with Crippen LogP contribution < -0.4 is 0 Å². The second kappa shape index (κ2) is 4.83. The lowest BCUT2D eigenvalue weighted by Crippen LogP contribution is -2.04. The van der Waals surface area contributed by atoms with Crippen molar-refractivity contribution in [3.63, 3.8) is 0 Å². The second-order valence-corrected chi connectivity index (χ2v) is 8.93. The molecule has 1 aromatic rings. The van der Waals surface area contributed by atoms with Crippen LogP contribution in [0, 0.1) is 5.82 Å². The molecule has 0 amide bonds. The summed E-state index contributed by atoms with van der Waals surface area (Å²) in [5.41, 5.74) is 0.0665. The number of benzene rings is 1. The van der Waals surface area contributed by atoms with Crippen LogP contribution in [0.5, 0.6) is 0 Å². The van der Waals surface area contributed by atoms with Crippen molar-refractivity contribution in [1.82, 2.24) is 0 Å². The molecule has 0 unspecified atom stereocenters. The van der Waals surface area contributed by atoms with Gasteiger partial charge < -0.3 is 0 Å². The van der Waals surface area contributed by atoms with Crippen LogP contribution in [0.15, 0.2) is 21.5 Å². The first-order valence-electron chi connectivity index (χ1n) is 4.11. The van der Waals surface area contributed by atoms with Gasteiger partial charge >= 0.3 is 0 Å². The first kappa shape index (κ1) is 14.9. The van der Waals surface area contributed by atoms with Crippen molar-refractivity contribution < 1.29 is 21.2 Å². The molecule has 0 aliphatic rings. The van der Waals surface area contributed by atoms with Gasteiger partial charge in [-0.1, -0.05) is 0 Å². The zero-order chi connectivity index (χ0) is 13.4. The summed E-state index contributed by atoms with van der Waals surface area (Å²) in [6.07, 6.45) is 0.855. The van der Waals surface area contributed by atoms with Crippen LogP contribution in [0.4, 0.5) is 4.39 Å². The van der Waals surface area contributed by atoms with Gasteiger partial charge in [-0.2, -0.15) is 0 Å². The van der Waals surface area contributed by atoms with Crippen LogP contribution in [0.25, 0.3) is 0 Å². The van der Waals surface area contributed by atoms with E-state index in [1.165, 1.54) is 6.07 Å². The maximum Gasteiger partial charge on any atom is 0.236 e. The highest BCUT2D eigenvalue weighted by Crippen LogP contribution is 2.27. The third-order valence-electron chi connectivity index (χ3n) is 1.77. The summed E-state index contributed by atoms with van der Waals surface area (Å²) in [4.78, 5) is -0.506. The minimum atomic E-state index is -3.82. The molecular formula is C8H7BrClFO4S2. The fraction of sp³-hybridized carbons (Fsp3) is 0.250. The SMILES string of the molecule is CS(=O)(=O)c1c(F)cc(CS(=O)(=O)Cl)cc1Br. The zero-order valence-electron chi connectivity index (χ0n) is 8.45. The van der Waals surface area contributed by atoms with Crippen molar-refractivity contribution in [3.8, 4) is 0 Å². The lowest BCUT2D eigenvalue weighted by atomic mass is 10.2. The van der Waals surface area contributed by atoms with Crippen LogP contribution in [-0.2, 0) is 24.6 Å². The van der Waals surface area contributed by atoms with Gasteiger partial charge in [0, 0.05) is 21.4 Å². The van der Waals surface area contributed by atoms with Crippen LogP contribution in [0.3, 0.4) is 0 Å². The first-order chi connectivity index (χ1) is 7.50. The fourth-order valence-corrected chi connectivity index (χ4v) is 4.38. The Balaban J connectivity index is 3.39. The monoisotopic (exact) mass is 364 g/mol. The Morgan fingerprint density at radius 2 is 1.82 bits per heavy atom. The molecular weight excluding hydrogens is 359 g/mol. The van der Waals surface area contributed by atoms with Crippen molar-refractivity contribution in [3.05, 3.63) is 28.0 Å². The van der Waals surface area contributed by atoms with Crippen LogP contribution in [0.1, 0.15) is 5.56 Å². The number of hydrogen-bond acceptors (Lipinski definition) is 4. The van der Waals surface area contributed by atoms with E-state index in [4.69, 9.17) is 10.7 Å². The molecule has 1 rings (SSSR count). The van der Waals surface area contributed by atoms with Gasteiger partial charge in [0.25, 0.3) is 0 Å². The van der Waals surface area contributed by atoms with E-state index in [1.807, 2.05) is 0 Å². The summed E-state index contributed by atoms with van der Waals surface area (Å²) in [7, 11) is -2.53. The van der Waals surface area contributed by atoms with E-state index >= 15 is 0 Å². The quantitative estimate of drug-likeness (QED) is 0.769. The van der Waals surface area contributed by atoms with E-state index in [-0.39, 0.29) is 10.0 Å². The predicted octanol–water partition coefficient (Wildman–Crippen LogP) is 2.06. The topological polar surface area (TPSA) is 68.3 Å². The van der Waals surface area contributed by atoms with Gasteiger partial charge in [-0.05, 0) is 33.6 Å². The third-order valence-corrected chi connectivity index (χ3v) is 4.82. The van der Waals surface area contributed by atoms with Crippen molar-refractivity contribution in [2.75, 3.05) is 6.26 Å². The van der Waals surface area contributed by atoms with Crippen molar-refractivity contribution in [2.45, 2.75) is 10.6 Å². The van der Waals surface area contributed by atoms with Gasteiger partial charge in [0.05, 0.1) is 5.75 Å². The summed E-state index contributed by atoms with van der Waals surface area (Å²) in [6, 6.07) is 2.04. The van der Waals surface area contributed by atoms with Gasteiger partial charge in [0.2, 0.25) is 9.05 Å². The van der Waals surface area contributed by atoms with E-state index in [2.05, 4.69) is 15.9 Å². The maximum atomic E-state index is 13.5. The summed E-state index contributed by atoms with van der Waals surface area (Å²) in [5, 5.41) is 0. The standard InChI is InChI=1S/C8H7BrClFO4S2/c1-16(12,13)8-6(9)2-5(3-7(8)11)4-17(10,14)15/h2-3H,4H2,1H3. The molecule has 0 radical (unpaired) electrons. The molecule has 0 bridgehead atoms. The summed E-state index contributed by atoms with van der Waals surface area (Å²) in [5.74, 6) is -1.59. The molecule has 17 heavy (non-hydrogen) atoms. The Morgan fingerprint density at radius 3 is 2.18 bits per heavy atom. The molecule has 0 aromatic heterocycles. The molecule has 0 atom stereocenters. The third kappa shape index (κ3) is 4.20. The summed E-state index contributed by atoms with van der Waals surface area (Å²) >= 11 is 2.88. The van der Waals surface area contributed by atoms with Crippen LogP contribution in [-0.4, -0.2) is 23.1 Å². The molecule has 0 saturated heterocycles. The van der Waals surface area contributed by atoms with Crippen molar-refractivity contribution in [2.24, 2.45) is 0 Å². The molecule has 1 aromatic carbocycles. The molecule has 0 saturated carbocycles. The van der Waals surface area contributed by atoms with Gasteiger partial charge in [0.1, 0.15) is 10.7 Å². The Bertz CT molecular complexity index is 631. The molecule has 0 N–H and O–H groups in total. The van der Waals surface area contributed by atoms with Crippen molar-refractivity contribution >= 4 is 45.5 Å². The largest absolute Gasteiger partial charge is 0.236 e. The molecule has 0 heterocycles. The maximum absolute atomic E-state index is 13.5. The average molecular weight is 366 g/mol. The van der Waals surface area contributed by atoms with E-state index in [9.17, 15) is 21.2 Å². The molecule has 0 aliphatic carbocycles. The Labute approximate surface area is 111 Å². The summed E-state index contributed by atoms with van der Waals surface area (Å²) < 4.78 is 57.6. The van der Waals surface area contributed by atoms with E-state index in [1.54, 1.807) is 0 Å². The fourth-order valence-electron chi connectivity index (χ4n) is 1.25. The number of sulfone groups is 1. The van der Waals surface area contributed by atoms with Gasteiger partial charge in [-0.3, -0.25) is 0 Å². The van der Waals surface area contributed by atoms with E-state index in [0.29, 0.717) is 0 Å². The predicted molar refractivity (Wildman–Crippen MR) is 65.7 cm³/mol. The highest BCUT2D eigenvalue weighted by atomic mass is 79.9. The first-order valence-corrected chi connectivity index (χ1v) is 9.27.